The molecule has 110 valence electrons. The van der Waals surface area contributed by atoms with Crippen LogP contribution in [-0.2, 0) is 12.2 Å². The molecule has 4 N–H and O–H groups in total. The number of aromatic hydroxyl groups is 2. The molecule has 0 saturated heterocycles. The Labute approximate surface area is 122 Å². The molecule has 1 heterocycles. The van der Waals surface area contributed by atoms with Crippen LogP contribution in [0, 0.1) is 0 Å². The predicted molar refractivity (Wildman–Crippen MR) is 77.5 cm³/mol. The van der Waals surface area contributed by atoms with Crippen LogP contribution in [0.1, 0.15) is 16.7 Å². The number of phenolic OH excluding ortho intramolecular Hbond substituents is 2. The van der Waals surface area contributed by atoms with Gasteiger partial charge >= 0.3 is 0 Å². The normalized spacial score (nSPS) is 20.1. The van der Waals surface area contributed by atoms with Crippen LogP contribution in [0.4, 0.5) is 0 Å². The second kappa shape index (κ2) is 4.95. The summed E-state index contributed by atoms with van der Waals surface area (Å²) in [4.78, 5) is 0. The molecule has 0 radical (unpaired) electrons. The monoisotopic (exact) mass is 287 g/mol. The Morgan fingerprint density at radius 3 is 2.71 bits per heavy atom. The third kappa shape index (κ3) is 2.11. The van der Waals surface area contributed by atoms with Crippen molar-refractivity contribution in [3.05, 3.63) is 53.1 Å². The lowest BCUT2D eigenvalue weighted by atomic mass is 9.83. The summed E-state index contributed by atoms with van der Waals surface area (Å²) in [6.07, 6.45) is 0. The quantitative estimate of drug-likeness (QED) is 0.672. The zero-order valence-electron chi connectivity index (χ0n) is 11.6. The molecule has 1 atom stereocenters. The predicted octanol–water partition coefficient (Wildman–Crippen LogP) is 1.45. The molecule has 0 spiro atoms. The van der Waals surface area contributed by atoms with E-state index in [2.05, 4.69) is 5.32 Å². The number of ether oxygens (including phenoxy) is 1. The number of hydrogen-bond acceptors (Lipinski definition) is 5. The van der Waals surface area contributed by atoms with Gasteiger partial charge in [-0.2, -0.15) is 0 Å². The number of fused-ring (bicyclic) bond motifs is 2. The molecule has 2 aromatic carbocycles. The molecule has 5 heteroatoms. The molecule has 0 saturated carbocycles. The van der Waals surface area contributed by atoms with Crippen LogP contribution < -0.4 is 10.1 Å². The third-order valence-corrected chi connectivity index (χ3v) is 3.77. The van der Waals surface area contributed by atoms with Crippen LogP contribution in [0.15, 0.2) is 36.4 Å². The summed E-state index contributed by atoms with van der Waals surface area (Å²) in [6.45, 7) is 0.469. The van der Waals surface area contributed by atoms with E-state index in [1.54, 1.807) is 7.05 Å². The molecule has 3 rings (SSSR count). The first-order valence-corrected chi connectivity index (χ1v) is 6.71. The second-order valence-corrected chi connectivity index (χ2v) is 5.18. The average molecular weight is 287 g/mol. The van der Waals surface area contributed by atoms with Gasteiger partial charge in [-0.25, -0.2) is 0 Å². The fraction of sp³-hybridized carbons (Fsp3) is 0.250. The topological polar surface area (TPSA) is 82.0 Å². The van der Waals surface area contributed by atoms with Gasteiger partial charge < -0.3 is 25.4 Å². The first-order valence-electron chi connectivity index (χ1n) is 6.71. The minimum Gasteiger partial charge on any atom is -0.508 e. The van der Waals surface area contributed by atoms with Crippen LogP contribution in [0.3, 0.4) is 0 Å². The van der Waals surface area contributed by atoms with Crippen molar-refractivity contribution >= 4 is 0 Å². The number of likely N-dealkylation sites (N-methyl/N-ethyl adjacent to an activating group) is 1. The van der Waals surface area contributed by atoms with E-state index < -0.39 is 5.60 Å². The molecule has 0 amide bonds. The fourth-order valence-electron chi connectivity index (χ4n) is 2.85. The van der Waals surface area contributed by atoms with Crippen LogP contribution in [-0.4, -0.2) is 28.9 Å². The van der Waals surface area contributed by atoms with Gasteiger partial charge in [-0.1, -0.05) is 24.3 Å². The maximum absolute atomic E-state index is 11.2. The summed E-state index contributed by atoms with van der Waals surface area (Å²) in [5.74, 6) is -0.113. The molecule has 0 bridgehead atoms. The smallest absolute Gasteiger partial charge is 0.168 e. The van der Waals surface area contributed by atoms with E-state index in [1.807, 2.05) is 24.3 Å². The largest absolute Gasteiger partial charge is 0.508 e. The van der Waals surface area contributed by atoms with Gasteiger partial charge in [-0.15, -0.1) is 0 Å². The Hall–Kier alpha value is -2.24. The zero-order chi connectivity index (χ0) is 15.0. The third-order valence-electron chi connectivity index (χ3n) is 3.77. The first kappa shape index (κ1) is 13.7. The number of rotatable bonds is 2. The summed E-state index contributed by atoms with van der Waals surface area (Å²) in [5, 5.41) is 34.0. The maximum atomic E-state index is 11.2. The second-order valence-electron chi connectivity index (χ2n) is 5.18. The molecule has 0 aliphatic carbocycles. The number of phenols is 2. The minimum atomic E-state index is -1.40. The SMILES string of the molecule is CNCC1(O)c2ccccc2COc2c(O)cc(O)cc21. The highest BCUT2D eigenvalue weighted by Crippen LogP contribution is 2.46. The van der Waals surface area contributed by atoms with Gasteiger partial charge in [0.2, 0.25) is 0 Å². The van der Waals surface area contributed by atoms with Crippen molar-refractivity contribution in [1.29, 1.82) is 0 Å². The standard InChI is InChI=1S/C16H17NO4/c1-17-9-16(20)12-5-3-2-4-10(12)8-21-15-13(16)6-11(18)7-14(15)19/h2-7,17-20H,8-9H2,1H3. The van der Waals surface area contributed by atoms with E-state index in [0.29, 0.717) is 11.1 Å². The van der Waals surface area contributed by atoms with Gasteiger partial charge in [-0.3, -0.25) is 0 Å². The van der Waals surface area contributed by atoms with E-state index in [9.17, 15) is 15.3 Å². The Morgan fingerprint density at radius 1 is 1.19 bits per heavy atom. The number of hydrogen-bond donors (Lipinski definition) is 4. The number of benzene rings is 2. The van der Waals surface area contributed by atoms with Crippen molar-refractivity contribution in [3.8, 4) is 17.2 Å². The lowest BCUT2D eigenvalue weighted by Crippen LogP contribution is -2.38. The van der Waals surface area contributed by atoms with Crippen LogP contribution in [0.2, 0.25) is 0 Å². The van der Waals surface area contributed by atoms with Crippen molar-refractivity contribution < 1.29 is 20.1 Å². The van der Waals surface area contributed by atoms with Gasteiger partial charge in [0.1, 0.15) is 18.0 Å². The molecule has 1 aliphatic rings. The minimum absolute atomic E-state index is 0.122. The summed E-state index contributed by atoms with van der Waals surface area (Å²) in [5.41, 5.74) is 0.487. The number of nitrogens with one attached hydrogen (secondary N) is 1. The molecule has 1 unspecified atom stereocenters. The van der Waals surface area contributed by atoms with E-state index in [-0.39, 0.29) is 30.4 Å². The number of aliphatic hydroxyl groups is 1. The van der Waals surface area contributed by atoms with E-state index in [4.69, 9.17) is 4.74 Å². The van der Waals surface area contributed by atoms with Gasteiger partial charge in [0.15, 0.2) is 11.5 Å². The summed E-state index contributed by atoms with van der Waals surface area (Å²) in [7, 11) is 1.73. The summed E-state index contributed by atoms with van der Waals surface area (Å²) >= 11 is 0. The van der Waals surface area contributed by atoms with Crippen LogP contribution in [0.5, 0.6) is 17.2 Å². The highest BCUT2D eigenvalue weighted by molar-refractivity contribution is 5.58. The van der Waals surface area contributed by atoms with Crippen molar-refractivity contribution in [1.82, 2.24) is 5.32 Å². The van der Waals surface area contributed by atoms with Crippen molar-refractivity contribution in [3.63, 3.8) is 0 Å². The Balaban J connectivity index is 2.31. The average Bonchev–Trinajstić information content (AvgIpc) is 2.57. The highest BCUT2D eigenvalue weighted by Gasteiger charge is 2.39. The molecular formula is C16H17NO4. The molecular weight excluding hydrogens is 270 g/mol. The molecule has 5 nitrogen and oxygen atoms in total. The lowest BCUT2D eigenvalue weighted by molar-refractivity contribution is 0.0809. The molecule has 0 fully saturated rings. The van der Waals surface area contributed by atoms with E-state index in [0.717, 1.165) is 5.56 Å². The molecule has 2 aromatic rings. The molecule has 1 aliphatic heterocycles. The van der Waals surface area contributed by atoms with Gasteiger partial charge in [-0.05, 0) is 24.2 Å². The van der Waals surface area contributed by atoms with Crippen molar-refractivity contribution in [2.24, 2.45) is 0 Å². The van der Waals surface area contributed by atoms with Gasteiger partial charge in [0.05, 0.1) is 0 Å². The molecule has 21 heavy (non-hydrogen) atoms. The zero-order valence-corrected chi connectivity index (χ0v) is 11.6. The highest BCUT2D eigenvalue weighted by atomic mass is 16.5. The van der Waals surface area contributed by atoms with Gasteiger partial charge in [0, 0.05) is 18.2 Å². The van der Waals surface area contributed by atoms with E-state index >= 15 is 0 Å². The summed E-state index contributed by atoms with van der Waals surface area (Å²) in [6, 6.07) is 10.0. The van der Waals surface area contributed by atoms with Crippen LogP contribution in [0.25, 0.3) is 0 Å². The first-order chi connectivity index (χ1) is 10.1. The van der Waals surface area contributed by atoms with Crippen molar-refractivity contribution in [2.45, 2.75) is 12.2 Å². The Bertz CT molecular complexity index is 686. The Morgan fingerprint density at radius 2 is 1.95 bits per heavy atom. The fourth-order valence-corrected chi connectivity index (χ4v) is 2.85. The van der Waals surface area contributed by atoms with Crippen LogP contribution >= 0.6 is 0 Å². The summed E-state index contributed by atoms with van der Waals surface area (Å²) < 4.78 is 5.65. The van der Waals surface area contributed by atoms with E-state index in [1.165, 1.54) is 12.1 Å². The lowest BCUT2D eigenvalue weighted by Gasteiger charge is -2.30. The maximum Gasteiger partial charge on any atom is 0.168 e. The Kier molecular flexibility index (Phi) is 3.23. The van der Waals surface area contributed by atoms with Gasteiger partial charge in [0.25, 0.3) is 0 Å². The van der Waals surface area contributed by atoms with Crippen molar-refractivity contribution in [2.75, 3.05) is 13.6 Å². The molecule has 0 aromatic heterocycles.